The van der Waals surface area contributed by atoms with Gasteiger partial charge in [0.1, 0.15) is 0 Å². The minimum Gasteiger partial charge on any atom is -0.493 e. The largest absolute Gasteiger partial charge is 0.493 e. The second-order valence-electron chi connectivity index (χ2n) is 8.10. The van der Waals surface area contributed by atoms with E-state index in [4.69, 9.17) is 19.2 Å². The third kappa shape index (κ3) is 6.41. The molecule has 0 radical (unpaired) electrons. The Hall–Kier alpha value is -2.68. The van der Waals surface area contributed by atoms with Crippen LogP contribution in [0.3, 0.4) is 0 Å². The summed E-state index contributed by atoms with van der Waals surface area (Å²) in [4.78, 5) is 21.2. The van der Waals surface area contributed by atoms with E-state index in [-0.39, 0.29) is 11.8 Å². The Kier molecular flexibility index (Phi) is 8.84. The van der Waals surface area contributed by atoms with Crippen LogP contribution >= 0.6 is 0 Å². The van der Waals surface area contributed by atoms with E-state index in [0.29, 0.717) is 30.3 Å². The molecule has 178 valence electrons. The number of aliphatic imine (C=N–C) groups is 1. The predicted molar refractivity (Wildman–Crippen MR) is 125 cm³/mol. The number of hydrogen-bond donors (Lipinski definition) is 2. The molecule has 1 aromatic carbocycles. The molecule has 1 heterocycles. The summed E-state index contributed by atoms with van der Waals surface area (Å²) >= 11 is 0. The van der Waals surface area contributed by atoms with Gasteiger partial charge >= 0.3 is 0 Å². The summed E-state index contributed by atoms with van der Waals surface area (Å²) in [6.07, 6.45) is 2.05. The van der Waals surface area contributed by atoms with Crippen molar-refractivity contribution in [3.8, 4) is 17.2 Å². The highest BCUT2D eigenvalue weighted by molar-refractivity contribution is 5.81. The molecule has 9 heteroatoms. The van der Waals surface area contributed by atoms with Crippen LogP contribution in [-0.2, 0) is 11.3 Å². The Morgan fingerprint density at radius 2 is 1.69 bits per heavy atom. The number of methoxy groups -OCH3 is 3. The maximum Gasteiger partial charge on any atom is 0.223 e. The Balaban J connectivity index is 1.52. The van der Waals surface area contributed by atoms with Crippen LogP contribution in [0.5, 0.6) is 17.2 Å². The van der Waals surface area contributed by atoms with Gasteiger partial charge in [0.2, 0.25) is 11.7 Å². The van der Waals surface area contributed by atoms with E-state index in [1.165, 1.54) is 0 Å². The molecule has 1 aromatic rings. The summed E-state index contributed by atoms with van der Waals surface area (Å²) < 4.78 is 16.4. The number of ether oxygens (including phenoxy) is 3. The molecule has 0 unspecified atom stereocenters. The van der Waals surface area contributed by atoms with E-state index in [1.807, 2.05) is 12.1 Å². The van der Waals surface area contributed by atoms with Crippen molar-refractivity contribution < 1.29 is 19.0 Å². The Labute approximate surface area is 191 Å². The van der Waals surface area contributed by atoms with Gasteiger partial charge in [0.15, 0.2) is 17.5 Å². The number of amides is 1. The zero-order valence-electron chi connectivity index (χ0n) is 19.8. The van der Waals surface area contributed by atoms with Crippen molar-refractivity contribution in [2.24, 2.45) is 10.9 Å². The zero-order chi connectivity index (χ0) is 22.9. The quantitative estimate of drug-likeness (QED) is 0.318. The van der Waals surface area contributed by atoms with Gasteiger partial charge in [-0.3, -0.25) is 14.7 Å². The molecule has 1 saturated heterocycles. The minimum absolute atomic E-state index is 0.172. The van der Waals surface area contributed by atoms with Gasteiger partial charge in [-0.1, -0.05) is 0 Å². The van der Waals surface area contributed by atoms with Crippen molar-refractivity contribution in [2.75, 3.05) is 67.1 Å². The van der Waals surface area contributed by atoms with Gasteiger partial charge < -0.3 is 29.7 Å². The highest BCUT2D eigenvalue weighted by atomic mass is 16.5. The molecular weight excluding hydrogens is 410 g/mol. The molecule has 9 nitrogen and oxygen atoms in total. The molecule has 1 amide bonds. The molecule has 0 aromatic heterocycles. The van der Waals surface area contributed by atoms with Crippen LogP contribution < -0.4 is 24.8 Å². The summed E-state index contributed by atoms with van der Waals surface area (Å²) in [6, 6.07) is 4.02. The molecule has 1 saturated carbocycles. The van der Waals surface area contributed by atoms with Gasteiger partial charge in [-0.15, -0.1) is 0 Å². The monoisotopic (exact) mass is 447 g/mol. The fraction of sp³-hybridized carbons (Fsp3) is 0.652. The number of guanidine groups is 1. The molecule has 2 fully saturated rings. The standard InChI is InChI=1S/C23H37N5O4/c1-5-24-23(26-9-8-25-22(29)18-6-7-18)28-12-10-27(11-13-28)16-17-14-19(30-2)21(32-4)20(15-17)31-3/h14-15,18H,5-13,16H2,1-4H3,(H,24,26)(H,25,29). The van der Waals surface area contributed by atoms with Crippen molar-refractivity contribution in [3.63, 3.8) is 0 Å². The lowest BCUT2D eigenvalue weighted by molar-refractivity contribution is -0.122. The highest BCUT2D eigenvalue weighted by Crippen LogP contribution is 2.38. The third-order valence-electron chi connectivity index (χ3n) is 5.76. The van der Waals surface area contributed by atoms with Gasteiger partial charge in [0.05, 0.1) is 27.9 Å². The van der Waals surface area contributed by atoms with Crippen molar-refractivity contribution in [1.82, 2.24) is 20.4 Å². The normalized spacial score (nSPS) is 17.1. The average molecular weight is 448 g/mol. The lowest BCUT2D eigenvalue weighted by Crippen LogP contribution is -2.52. The van der Waals surface area contributed by atoms with Crippen LogP contribution in [0.25, 0.3) is 0 Å². The topological polar surface area (TPSA) is 87.7 Å². The van der Waals surface area contributed by atoms with Crippen LogP contribution in [0.2, 0.25) is 0 Å². The van der Waals surface area contributed by atoms with Gasteiger partial charge in [-0.25, -0.2) is 0 Å². The molecule has 1 aliphatic carbocycles. The average Bonchev–Trinajstić information content (AvgIpc) is 3.66. The van der Waals surface area contributed by atoms with E-state index in [9.17, 15) is 4.79 Å². The van der Waals surface area contributed by atoms with Crippen LogP contribution in [0.4, 0.5) is 0 Å². The number of hydrogen-bond acceptors (Lipinski definition) is 6. The molecule has 3 rings (SSSR count). The number of piperazine rings is 1. The number of nitrogens with zero attached hydrogens (tertiary/aromatic N) is 3. The Morgan fingerprint density at radius 3 is 2.22 bits per heavy atom. The smallest absolute Gasteiger partial charge is 0.223 e. The van der Waals surface area contributed by atoms with E-state index < -0.39 is 0 Å². The number of rotatable bonds is 10. The Morgan fingerprint density at radius 1 is 1.03 bits per heavy atom. The number of carbonyl (C=O) groups is 1. The summed E-state index contributed by atoms with van der Waals surface area (Å²) in [5.41, 5.74) is 1.12. The summed E-state index contributed by atoms with van der Waals surface area (Å²) in [6.45, 7) is 8.53. The first-order valence-electron chi connectivity index (χ1n) is 11.4. The lowest BCUT2D eigenvalue weighted by atomic mass is 10.1. The van der Waals surface area contributed by atoms with Crippen LogP contribution in [0, 0.1) is 5.92 Å². The van der Waals surface area contributed by atoms with E-state index in [0.717, 1.165) is 63.6 Å². The van der Waals surface area contributed by atoms with Gasteiger partial charge in [0, 0.05) is 51.7 Å². The van der Waals surface area contributed by atoms with Gasteiger partial charge in [-0.05, 0) is 37.5 Å². The summed E-state index contributed by atoms with van der Waals surface area (Å²) in [5.74, 6) is 3.30. The van der Waals surface area contributed by atoms with Crippen molar-refractivity contribution in [3.05, 3.63) is 17.7 Å². The molecule has 0 spiro atoms. The highest BCUT2D eigenvalue weighted by Gasteiger charge is 2.29. The minimum atomic E-state index is 0.172. The number of benzene rings is 1. The summed E-state index contributed by atoms with van der Waals surface area (Å²) in [7, 11) is 4.89. The SMILES string of the molecule is CCNC(=NCCNC(=O)C1CC1)N1CCN(Cc2cc(OC)c(OC)c(OC)c2)CC1. The van der Waals surface area contributed by atoms with Crippen molar-refractivity contribution >= 4 is 11.9 Å². The second-order valence-corrected chi connectivity index (χ2v) is 8.10. The maximum atomic E-state index is 11.8. The van der Waals surface area contributed by atoms with E-state index in [2.05, 4.69) is 27.4 Å². The molecule has 1 aliphatic heterocycles. The maximum absolute atomic E-state index is 11.8. The first-order chi connectivity index (χ1) is 15.6. The van der Waals surface area contributed by atoms with Crippen molar-refractivity contribution in [1.29, 1.82) is 0 Å². The lowest BCUT2D eigenvalue weighted by Gasteiger charge is -2.36. The molecule has 32 heavy (non-hydrogen) atoms. The molecule has 2 aliphatic rings. The molecular formula is C23H37N5O4. The van der Waals surface area contributed by atoms with E-state index in [1.54, 1.807) is 21.3 Å². The first kappa shape index (κ1) is 24.0. The van der Waals surface area contributed by atoms with Crippen LogP contribution in [0.1, 0.15) is 25.3 Å². The zero-order valence-corrected chi connectivity index (χ0v) is 19.8. The molecule has 2 N–H and O–H groups in total. The van der Waals surface area contributed by atoms with E-state index >= 15 is 0 Å². The van der Waals surface area contributed by atoms with Crippen molar-refractivity contribution in [2.45, 2.75) is 26.3 Å². The third-order valence-corrected chi connectivity index (χ3v) is 5.76. The number of carbonyl (C=O) groups excluding carboxylic acids is 1. The second kappa shape index (κ2) is 11.8. The molecule has 0 atom stereocenters. The number of nitrogens with one attached hydrogen (secondary N) is 2. The van der Waals surface area contributed by atoms with Crippen LogP contribution in [-0.4, -0.2) is 88.8 Å². The van der Waals surface area contributed by atoms with Crippen LogP contribution in [0.15, 0.2) is 17.1 Å². The van der Waals surface area contributed by atoms with Gasteiger partial charge in [-0.2, -0.15) is 0 Å². The summed E-state index contributed by atoms with van der Waals surface area (Å²) in [5, 5.41) is 6.36. The fourth-order valence-electron chi connectivity index (χ4n) is 3.86. The predicted octanol–water partition coefficient (Wildman–Crippen LogP) is 1.32. The molecule has 0 bridgehead atoms. The van der Waals surface area contributed by atoms with Gasteiger partial charge in [0.25, 0.3) is 0 Å². The fourth-order valence-corrected chi connectivity index (χ4v) is 3.86. The Bertz CT molecular complexity index is 764. The first-order valence-corrected chi connectivity index (χ1v) is 11.4.